The van der Waals surface area contributed by atoms with E-state index in [4.69, 9.17) is 9.63 Å². The van der Waals surface area contributed by atoms with Gasteiger partial charge in [0.2, 0.25) is 11.8 Å². The van der Waals surface area contributed by atoms with E-state index in [2.05, 4.69) is 10.5 Å². The Labute approximate surface area is 110 Å². The van der Waals surface area contributed by atoms with Crippen LogP contribution in [0.3, 0.4) is 0 Å². The van der Waals surface area contributed by atoms with Crippen molar-refractivity contribution in [3.05, 3.63) is 11.8 Å². The number of carbonyl (C=O) groups excluding carboxylic acids is 1. The second-order valence-electron chi connectivity index (χ2n) is 5.00. The lowest BCUT2D eigenvalue weighted by Gasteiger charge is -2.13. The molecule has 2 N–H and O–H groups in total. The third kappa shape index (κ3) is 3.31. The van der Waals surface area contributed by atoms with Crippen LogP contribution in [0.25, 0.3) is 0 Å². The number of hydrogen-bond acceptors (Lipinski definition) is 5. The lowest BCUT2D eigenvalue weighted by Crippen LogP contribution is -2.32. The molecule has 1 aromatic rings. The summed E-state index contributed by atoms with van der Waals surface area (Å²) in [6.45, 7) is 4.82. The SMILES string of the molecule is Cc1cc(NC(=O)CN2CC(C)C(C(=O)O)C2)on1. The van der Waals surface area contributed by atoms with Crippen LogP contribution in [0.5, 0.6) is 0 Å². The summed E-state index contributed by atoms with van der Waals surface area (Å²) in [5.74, 6) is -1.07. The second-order valence-corrected chi connectivity index (χ2v) is 5.00. The molecule has 0 aromatic carbocycles. The van der Waals surface area contributed by atoms with Gasteiger partial charge in [-0.15, -0.1) is 0 Å². The number of carbonyl (C=O) groups is 2. The molecule has 2 heterocycles. The number of rotatable bonds is 4. The summed E-state index contributed by atoms with van der Waals surface area (Å²) in [4.78, 5) is 24.6. The summed E-state index contributed by atoms with van der Waals surface area (Å²) in [6.07, 6.45) is 0. The van der Waals surface area contributed by atoms with E-state index in [1.807, 2.05) is 11.8 Å². The van der Waals surface area contributed by atoms with E-state index >= 15 is 0 Å². The van der Waals surface area contributed by atoms with Crippen LogP contribution in [0.2, 0.25) is 0 Å². The van der Waals surface area contributed by atoms with Gasteiger partial charge in [-0.2, -0.15) is 0 Å². The van der Waals surface area contributed by atoms with Gasteiger partial charge >= 0.3 is 5.97 Å². The van der Waals surface area contributed by atoms with Crippen molar-refractivity contribution in [3.8, 4) is 0 Å². The van der Waals surface area contributed by atoms with Crippen molar-refractivity contribution in [2.45, 2.75) is 13.8 Å². The van der Waals surface area contributed by atoms with E-state index in [0.29, 0.717) is 24.7 Å². The minimum Gasteiger partial charge on any atom is -0.481 e. The molecule has 1 amide bonds. The van der Waals surface area contributed by atoms with E-state index < -0.39 is 11.9 Å². The molecular weight excluding hydrogens is 250 g/mol. The predicted molar refractivity (Wildman–Crippen MR) is 66.6 cm³/mol. The average molecular weight is 267 g/mol. The molecule has 19 heavy (non-hydrogen) atoms. The summed E-state index contributed by atoms with van der Waals surface area (Å²) in [5.41, 5.74) is 0.691. The monoisotopic (exact) mass is 267 g/mol. The first kappa shape index (κ1) is 13.5. The molecule has 1 aliphatic heterocycles. The normalized spacial score (nSPS) is 23.5. The Morgan fingerprint density at radius 1 is 1.58 bits per heavy atom. The first-order chi connectivity index (χ1) is 8.95. The number of hydrogen-bond donors (Lipinski definition) is 2. The third-order valence-corrected chi connectivity index (χ3v) is 3.26. The summed E-state index contributed by atoms with van der Waals surface area (Å²) in [6, 6.07) is 1.63. The molecule has 7 heteroatoms. The molecule has 1 saturated heterocycles. The van der Waals surface area contributed by atoms with Gasteiger partial charge < -0.3 is 9.63 Å². The van der Waals surface area contributed by atoms with E-state index in [1.54, 1.807) is 13.0 Å². The Bertz CT molecular complexity index is 485. The highest BCUT2D eigenvalue weighted by atomic mass is 16.5. The number of aromatic nitrogens is 1. The van der Waals surface area contributed by atoms with E-state index in [9.17, 15) is 9.59 Å². The summed E-state index contributed by atoms with van der Waals surface area (Å²) < 4.78 is 4.89. The molecule has 7 nitrogen and oxygen atoms in total. The van der Waals surface area contributed by atoms with Gasteiger partial charge in [0.25, 0.3) is 0 Å². The third-order valence-electron chi connectivity index (χ3n) is 3.26. The van der Waals surface area contributed by atoms with Crippen LogP contribution in [0.4, 0.5) is 5.88 Å². The number of nitrogens with zero attached hydrogens (tertiary/aromatic N) is 2. The molecule has 0 saturated carbocycles. The molecule has 2 atom stereocenters. The predicted octanol–water partition coefficient (Wildman–Crippen LogP) is 0.574. The Hall–Kier alpha value is -1.89. The number of aliphatic carboxylic acids is 1. The highest BCUT2D eigenvalue weighted by Gasteiger charge is 2.35. The van der Waals surface area contributed by atoms with Gasteiger partial charge in [0.05, 0.1) is 18.2 Å². The standard InChI is InChI=1S/C12H17N3O4/c1-7-4-15(5-9(7)12(17)18)6-10(16)13-11-3-8(2)14-19-11/h3,7,9H,4-6H2,1-2H3,(H,13,16)(H,17,18). The van der Waals surface area contributed by atoms with Gasteiger partial charge in [-0.25, -0.2) is 0 Å². The van der Waals surface area contributed by atoms with E-state index in [-0.39, 0.29) is 18.4 Å². The molecule has 1 aromatic heterocycles. The number of carboxylic acids is 1. The van der Waals surface area contributed by atoms with Crippen molar-refractivity contribution in [2.75, 3.05) is 25.0 Å². The number of likely N-dealkylation sites (tertiary alicyclic amines) is 1. The number of amides is 1. The van der Waals surface area contributed by atoms with Gasteiger partial charge in [-0.3, -0.25) is 19.8 Å². The first-order valence-corrected chi connectivity index (χ1v) is 6.14. The second kappa shape index (κ2) is 5.40. The maximum absolute atomic E-state index is 11.8. The van der Waals surface area contributed by atoms with Crippen molar-refractivity contribution in [3.63, 3.8) is 0 Å². The molecule has 0 aliphatic carbocycles. The first-order valence-electron chi connectivity index (χ1n) is 6.14. The fourth-order valence-corrected chi connectivity index (χ4v) is 2.32. The van der Waals surface area contributed by atoms with Crippen LogP contribution < -0.4 is 5.32 Å². The minimum atomic E-state index is -0.804. The maximum Gasteiger partial charge on any atom is 0.308 e. The Morgan fingerprint density at radius 2 is 2.32 bits per heavy atom. The van der Waals surface area contributed by atoms with Crippen LogP contribution in [0.15, 0.2) is 10.6 Å². The molecule has 1 aliphatic rings. The van der Waals surface area contributed by atoms with Gasteiger partial charge in [0.1, 0.15) is 0 Å². The van der Waals surface area contributed by atoms with E-state index in [1.165, 1.54) is 0 Å². The number of nitrogens with one attached hydrogen (secondary N) is 1. The van der Waals surface area contributed by atoms with Crippen molar-refractivity contribution >= 4 is 17.8 Å². The quantitative estimate of drug-likeness (QED) is 0.828. The van der Waals surface area contributed by atoms with E-state index in [0.717, 1.165) is 0 Å². The minimum absolute atomic E-state index is 0.0535. The van der Waals surface area contributed by atoms with Crippen molar-refractivity contribution in [1.29, 1.82) is 0 Å². The fraction of sp³-hybridized carbons (Fsp3) is 0.583. The summed E-state index contributed by atoms with van der Waals surface area (Å²) in [7, 11) is 0. The largest absolute Gasteiger partial charge is 0.481 e. The van der Waals surface area contributed by atoms with Crippen LogP contribution >= 0.6 is 0 Å². The smallest absolute Gasteiger partial charge is 0.308 e. The fourth-order valence-electron chi connectivity index (χ4n) is 2.32. The molecule has 2 rings (SSSR count). The molecule has 0 spiro atoms. The molecule has 2 unspecified atom stereocenters. The Kier molecular flexibility index (Phi) is 3.84. The van der Waals surface area contributed by atoms with Crippen molar-refractivity contribution < 1.29 is 19.2 Å². The lowest BCUT2D eigenvalue weighted by atomic mass is 9.99. The zero-order valence-electron chi connectivity index (χ0n) is 10.9. The summed E-state index contributed by atoms with van der Waals surface area (Å²) in [5, 5.41) is 15.3. The van der Waals surface area contributed by atoms with Crippen LogP contribution in [-0.4, -0.2) is 46.7 Å². The molecule has 104 valence electrons. The maximum atomic E-state index is 11.8. The van der Waals surface area contributed by atoms with Crippen molar-refractivity contribution in [1.82, 2.24) is 10.1 Å². The topological polar surface area (TPSA) is 95.7 Å². The highest BCUT2D eigenvalue weighted by Crippen LogP contribution is 2.22. The van der Waals surface area contributed by atoms with Crippen molar-refractivity contribution in [2.24, 2.45) is 11.8 Å². The Morgan fingerprint density at radius 3 is 2.84 bits per heavy atom. The number of carboxylic acid groups (broad SMARTS) is 1. The average Bonchev–Trinajstić information content (AvgIpc) is 2.85. The van der Waals surface area contributed by atoms with Gasteiger partial charge in [-0.05, 0) is 12.8 Å². The van der Waals surface area contributed by atoms with Crippen LogP contribution in [0.1, 0.15) is 12.6 Å². The Balaban J connectivity index is 1.85. The molecular formula is C12H17N3O4. The van der Waals surface area contributed by atoms with Gasteiger partial charge in [-0.1, -0.05) is 12.1 Å². The molecule has 0 radical (unpaired) electrons. The van der Waals surface area contributed by atoms with Gasteiger partial charge in [0.15, 0.2) is 0 Å². The lowest BCUT2D eigenvalue weighted by molar-refractivity contribution is -0.142. The van der Waals surface area contributed by atoms with Crippen LogP contribution in [-0.2, 0) is 9.59 Å². The zero-order valence-corrected chi connectivity index (χ0v) is 10.9. The number of anilines is 1. The van der Waals surface area contributed by atoms with Crippen LogP contribution in [0, 0.1) is 18.8 Å². The summed E-state index contributed by atoms with van der Waals surface area (Å²) >= 11 is 0. The highest BCUT2D eigenvalue weighted by molar-refractivity contribution is 5.91. The molecule has 1 fully saturated rings. The number of aryl methyl sites for hydroxylation is 1. The van der Waals surface area contributed by atoms with Gasteiger partial charge in [0, 0.05) is 19.2 Å². The zero-order chi connectivity index (χ0) is 14.0. The molecule has 0 bridgehead atoms.